The molecule has 0 aromatic carbocycles. The van der Waals surface area contributed by atoms with Crippen molar-refractivity contribution >= 4 is 5.97 Å². The molecule has 0 rings (SSSR count). The minimum atomic E-state index is -0.951. The zero-order valence-corrected chi connectivity index (χ0v) is 9.82. The van der Waals surface area contributed by atoms with Gasteiger partial charge in [0, 0.05) is 12.0 Å². The second kappa shape index (κ2) is 10.2. The molecule has 1 N–H and O–H groups in total. The van der Waals surface area contributed by atoms with Crippen LogP contribution in [0.4, 0.5) is 0 Å². The molecule has 0 aliphatic carbocycles. The third-order valence-electron chi connectivity index (χ3n) is 1.90. The fourth-order valence-corrected chi connectivity index (χ4v) is 0.945. The lowest BCUT2D eigenvalue weighted by atomic mass is 10.2. The van der Waals surface area contributed by atoms with Crippen molar-refractivity contribution < 1.29 is 14.6 Å². The quantitative estimate of drug-likeness (QED) is 0.372. The SMILES string of the molecule is C=C(CCOCC/C=C/C=C/CC)C(=O)O. The van der Waals surface area contributed by atoms with Crippen LogP contribution in [0.5, 0.6) is 0 Å². The molecule has 3 heteroatoms. The van der Waals surface area contributed by atoms with Crippen molar-refractivity contribution in [2.45, 2.75) is 26.2 Å². The van der Waals surface area contributed by atoms with Crippen LogP contribution in [0.2, 0.25) is 0 Å². The maximum atomic E-state index is 10.4. The van der Waals surface area contributed by atoms with E-state index in [1.807, 2.05) is 18.2 Å². The second-order valence-electron chi connectivity index (χ2n) is 3.32. The van der Waals surface area contributed by atoms with E-state index in [0.29, 0.717) is 19.6 Å². The normalized spacial score (nSPS) is 11.3. The predicted molar refractivity (Wildman–Crippen MR) is 65.4 cm³/mol. The number of ether oxygens (including phenoxy) is 1. The van der Waals surface area contributed by atoms with Crippen molar-refractivity contribution in [3.05, 3.63) is 36.5 Å². The number of carboxylic acid groups (broad SMARTS) is 1. The van der Waals surface area contributed by atoms with Crippen LogP contribution in [-0.4, -0.2) is 24.3 Å². The molecule has 0 saturated heterocycles. The fraction of sp³-hybridized carbons (Fsp3) is 0.462. The summed E-state index contributed by atoms with van der Waals surface area (Å²) < 4.78 is 5.26. The highest BCUT2D eigenvalue weighted by Crippen LogP contribution is 1.98. The van der Waals surface area contributed by atoms with Crippen molar-refractivity contribution in [2.24, 2.45) is 0 Å². The molecule has 0 aliphatic heterocycles. The lowest BCUT2D eigenvalue weighted by Crippen LogP contribution is -2.03. The van der Waals surface area contributed by atoms with E-state index in [9.17, 15) is 4.79 Å². The lowest BCUT2D eigenvalue weighted by Gasteiger charge is -2.01. The van der Waals surface area contributed by atoms with Crippen LogP contribution in [0.25, 0.3) is 0 Å². The van der Waals surface area contributed by atoms with Gasteiger partial charge in [0.25, 0.3) is 0 Å². The van der Waals surface area contributed by atoms with Gasteiger partial charge in [0.2, 0.25) is 0 Å². The number of aliphatic carboxylic acids is 1. The lowest BCUT2D eigenvalue weighted by molar-refractivity contribution is -0.132. The first kappa shape index (κ1) is 14.6. The van der Waals surface area contributed by atoms with Crippen molar-refractivity contribution in [1.82, 2.24) is 0 Å². The molecule has 0 aromatic rings. The minimum absolute atomic E-state index is 0.196. The van der Waals surface area contributed by atoms with Gasteiger partial charge in [0.15, 0.2) is 0 Å². The van der Waals surface area contributed by atoms with Gasteiger partial charge in [-0.25, -0.2) is 4.79 Å². The van der Waals surface area contributed by atoms with E-state index in [2.05, 4.69) is 19.6 Å². The van der Waals surface area contributed by atoms with Gasteiger partial charge in [-0.3, -0.25) is 0 Å². The van der Waals surface area contributed by atoms with Crippen molar-refractivity contribution in [3.63, 3.8) is 0 Å². The fourth-order valence-electron chi connectivity index (χ4n) is 0.945. The summed E-state index contributed by atoms with van der Waals surface area (Å²) in [4.78, 5) is 10.4. The van der Waals surface area contributed by atoms with Gasteiger partial charge >= 0.3 is 5.97 Å². The maximum absolute atomic E-state index is 10.4. The average molecular weight is 224 g/mol. The highest BCUT2D eigenvalue weighted by atomic mass is 16.5. The molecule has 0 fully saturated rings. The van der Waals surface area contributed by atoms with Gasteiger partial charge in [0.05, 0.1) is 13.2 Å². The highest BCUT2D eigenvalue weighted by molar-refractivity contribution is 5.85. The first-order valence-corrected chi connectivity index (χ1v) is 5.49. The number of carboxylic acids is 1. The van der Waals surface area contributed by atoms with Crippen LogP contribution in [0.15, 0.2) is 36.5 Å². The minimum Gasteiger partial charge on any atom is -0.478 e. The second-order valence-corrected chi connectivity index (χ2v) is 3.32. The van der Waals surface area contributed by atoms with Crippen molar-refractivity contribution in [1.29, 1.82) is 0 Å². The molecule has 0 spiro atoms. The van der Waals surface area contributed by atoms with Gasteiger partial charge in [-0.05, 0) is 12.8 Å². The average Bonchev–Trinajstić information content (AvgIpc) is 2.26. The first-order valence-electron chi connectivity index (χ1n) is 5.49. The van der Waals surface area contributed by atoms with Crippen molar-refractivity contribution in [3.8, 4) is 0 Å². The Hall–Kier alpha value is -1.35. The molecule has 0 atom stereocenters. The molecule has 0 radical (unpaired) electrons. The monoisotopic (exact) mass is 224 g/mol. The summed E-state index contributed by atoms with van der Waals surface area (Å²) in [6.45, 7) is 6.54. The standard InChI is InChI=1S/C13H20O3/c1-3-4-5-6-7-8-10-16-11-9-12(2)13(14)15/h4-7H,2-3,8-11H2,1H3,(H,14,15)/b5-4+,7-6+. The number of carbonyl (C=O) groups is 1. The summed E-state index contributed by atoms with van der Waals surface area (Å²) in [5.74, 6) is -0.951. The summed E-state index contributed by atoms with van der Waals surface area (Å²) in [5, 5.41) is 8.53. The topological polar surface area (TPSA) is 46.5 Å². The molecule has 3 nitrogen and oxygen atoms in total. The van der Waals surface area contributed by atoms with Crippen LogP contribution in [0.3, 0.4) is 0 Å². The van der Waals surface area contributed by atoms with Gasteiger partial charge in [-0.15, -0.1) is 0 Å². The number of hydrogen-bond acceptors (Lipinski definition) is 2. The molecule has 0 saturated carbocycles. The van der Waals surface area contributed by atoms with Gasteiger partial charge in [0.1, 0.15) is 0 Å². The smallest absolute Gasteiger partial charge is 0.331 e. The third kappa shape index (κ3) is 9.21. The molecule has 90 valence electrons. The van der Waals surface area contributed by atoms with Crippen LogP contribution in [0.1, 0.15) is 26.2 Å². The molecule has 0 aliphatic rings. The summed E-state index contributed by atoms with van der Waals surface area (Å²) in [7, 11) is 0. The summed E-state index contributed by atoms with van der Waals surface area (Å²) in [6, 6.07) is 0. The molecular formula is C13H20O3. The van der Waals surface area contributed by atoms with Crippen LogP contribution >= 0.6 is 0 Å². The first-order chi connectivity index (χ1) is 7.68. The Morgan fingerprint density at radius 1 is 1.31 bits per heavy atom. The molecule has 0 amide bonds. The Balaban J connectivity index is 3.34. The van der Waals surface area contributed by atoms with Crippen LogP contribution in [-0.2, 0) is 9.53 Å². The number of hydrogen-bond donors (Lipinski definition) is 1. The van der Waals surface area contributed by atoms with E-state index in [0.717, 1.165) is 12.8 Å². The molecular weight excluding hydrogens is 204 g/mol. The maximum Gasteiger partial charge on any atom is 0.331 e. The molecule has 16 heavy (non-hydrogen) atoms. The Morgan fingerprint density at radius 3 is 2.62 bits per heavy atom. The zero-order chi connectivity index (χ0) is 12.2. The van der Waals surface area contributed by atoms with E-state index in [1.165, 1.54) is 0 Å². The largest absolute Gasteiger partial charge is 0.478 e. The predicted octanol–water partition coefficient (Wildman–Crippen LogP) is 2.95. The van der Waals surface area contributed by atoms with Gasteiger partial charge in [-0.1, -0.05) is 37.8 Å². The van der Waals surface area contributed by atoms with E-state index in [-0.39, 0.29) is 5.57 Å². The van der Waals surface area contributed by atoms with Crippen molar-refractivity contribution in [2.75, 3.05) is 13.2 Å². The Morgan fingerprint density at radius 2 is 2.00 bits per heavy atom. The number of allylic oxidation sites excluding steroid dienone is 3. The number of rotatable bonds is 9. The molecule has 0 unspecified atom stereocenters. The zero-order valence-electron chi connectivity index (χ0n) is 9.82. The Labute approximate surface area is 97.1 Å². The van der Waals surface area contributed by atoms with Crippen LogP contribution < -0.4 is 0 Å². The van der Waals surface area contributed by atoms with E-state index in [4.69, 9.17) is 9.84 Å². The Bertz CT molecular complexity index is 264. The van der Waals surface area contributed by atoms with E-state index in [1.54, 1.807) is 0 Å². The molecule has 0 bridgehead atoms. The van der Waals surface area contributed by atoms with Gasteiger partial charge < -0.3 is 9.84 Å². The molecule has 0 aromatic heterocycles. The van der Waals surface area contributed by atoms with E-state index < -0.39 is 5.97 Å². The van der Waals surface area contributed by atoms with Gasteiger partial charge in [-0.2, -0.15) is 0 Å². The highest BCUT2D eigenvalue weighted by Gasteiger charge is 2.02. The Kier molecular flexibility index (Phi) is 9.32. The summed E-state index contributed by atoms with van der Waals surface area (Å²) >= 11 is 0. The molecule has 0 heterocycles. The summed E-state index contributed by atoms with van der Waals surface area (Å²) in [6.07, 6.45) is 10.4. The van der Waals surface area contributed by atoms with Crippen LogP contribution in [0, 0.1) is 0 Å². The van der Waals surface area contributed by atoms with E-state index >= 15 is 0 Å². The third-order valence-corrected chi connectivity index (χ3v) is 1.90. The summed E-state index contributed by atoms with van der Waals surface area (Å²) in [5.41, 5.74) is 0.196.